The summed E-state index contributed by atoms with van der Waals surface area (Å²) in [6, 6.07) is 28.5. The van der Waals surface area contributed by atoms with E-state index in [4.69, 9.17) is 4.74 Å². The molecule has 4 heteroatoms. The minimum atomic E-state index is -1.10. The molecule has 28 heavy (non-hydrogen) atoms. The Labute approximate surface area is 172 Å². The van der Waals surface area contributed by atoms with E-state index in [9.17, 15) is 5.11 Å². The number of rotatable bonds is 5. The van der Waals surface area contributed by atoms with Crippen molar-refractivity contribution >= 4 is 12.4 Å². The first-order valence-electron chi connectivity index (χ1n) is 9.51. The molecule has 1 aliphatic rings. The van der Waals surface area contributed by atoms with Gasteiger partial charge in [0.15, 0.2) is 0 Å². The van der Waals surface area contributed by atoms with Gasteiger partial charge < -0.3 is 15.2 Å². The second-order valence-corrected chi connectivity index (χ2v) is 7.05. The Morgan fingerprint density at radius 3 is 2.21 bits per heavy atom. The van der Waals surface area contributed by atoms with Gasteiger partial charge in [0.05, 0.1) is 6.61 Å². The molecular weight excluding hydrogens is 370 g/mol. The highest BCUT2D eigenvalue weighted by Gasteiger charge is 2.40. The fourth-order valence-electron chi connectivity index (χ4n) is 3.86. The van der Waals surface area contributed by atoms with Crippen molar-refractivity contribution in [1.29, 1.82) is 0 Å². The van der Waals surface area contributed by atoms with E-state index >= 15 is 0 Å². The monoisotopic (exact) mass is 395 g/mol. The Bertz CT molecular complexity index is 866. The van der Waals surface area contributed by atoms with Crippen molar-refractivity contribution in [2.75, 3.05) is 19.7 Å². The first kappa shape index (κ1) is 20.6. The zero-order valence-corrected chi connectivity index (χ0v) is 16.6. The van der Waals surface area contributed by atoms with E-state index in [1.165, 1.54) is 0 Å². The van der Waals surface area contributed by atoms with Crippen LogP contribution >= 0.6 is 12.4 Å². The summed E-state index contributed by atoms with van der Waals surface area (Å²) in [6.45, 7) is 2.07. The lowest BCUT2D eigenvalue weighted by atomic mass is 9.80. The summed E-state index contributed by atoms with van der Waals surface area (Å²) >= 11 is 0. The Hall–Kier alpha value is -2.17. The fraction of sp³-hybridized carbons (Fsp3) is 0.250. The summed E-state index contributed by atoms with van der Waals surface area (Å²) in [7, 11) is 0. The minimum absolute atomic E-state index is 0. The molecule has 1 saturated heterocycles. The summed E-state index contributed by atoms with van der Waals surface area (Å²) in [5, 5.41) is 15.2. The highest BCUT2D eigenvalue weighted by Crippen LogP contribution is 2.35. The van der Waals surface area contributed by atoms with E-state index in [2.05, 4.69) is 29.6 Å². The second kappa shape index (κ2) is 9.35. The second-order valence-electron chi connectivity index (χ2n) is 7.05. The topological polar surface area (TPSA) is 41.5 Å². The first-order chi connectivity index (χ1) is 13.3. The SMILES string of the molecule is Cl.O[C@](Cc1ccccc1-c1ccccc1)(c1ccccc1)[C@@H]1CNCCO1. The van der Waals surface area contributed by atoms with E-state index in [1.54, 1.807) is 0 Å². The molecule has 146 valence electrons. The summed E-state index contributed by atoms with van der Waals surface area (Å²) in [5.41, 5.74) is 3.22. The third-order valence-corrected chi connectivity index (χ3v) is 5.30. The number of benzene rings is 3. The predicted molar refractivity (Wildman–Crippen MR) is 116 cm³/mol. The Kier molecular flexibility index (Phi) is 6.87. The molecule has 4 rings (SSSR count). The van der Waals surface area contributed by atoms with Gasteiger partial charge in [0.1, 0.15) is 11.7 Å². The normalized spacial score (nSPS) is 18.7. The molecule has 1 aliphatic heterocycles. The number of morpholine rings is 1. The predicted octanol–water partition coefficient (Wildman–Crippen LogP) is 4.19. The van der Waals surface area contributed by atoms with Crippen molar-refractivity contribution in [3.05, 3.63) is 96.1 Å². The third kappa shape index (κ3) is 4.29. The van der Waals surface area contributed by atoms with E-state index < -0.39 is 5.60 Å². The van der Waals surface area contributed by atoms with E-state index in [0.29, 0.717) is 19.6 Å². The lowest BCUT2D eigenvalue weighted by Crippen LogP contribution is -2.52. The molecule has 0 radical (unpaired) electrons. The van der Waals surface area contributed by atoms with Crippen LogP contribution in [0.3, 0.4) is 0 Å². The highest BCUT2D eigenvalue weighted by molar-refractivity contribution is 5.85. The summed E-state index contributed by atoms with van der Waals surface area (Å²) in [4.78, 5) is 0. The molecule has 0 bridgehead atoms. The van der Waals surface area contributed by atoms with Gasteiger partial charge in [0.25, 0.3) is 0 Å². The maximum absolute atomic E-state index is 11.9. The van der Waals surface area contributed by atoms with Gasteiger partial charge in [-0.05, 0) is 22.3 Å². The van der Waals surface area contributed by atoms with Crippen LogP contribution in [0.1, 0.15) is 11.1 Å². The average Bonchev–Trinajstić information content (AvgIpc) is 2.76. The highest BCUT2D eigenvalue weighted by atomic mass is 35.5. The summed E-state index contributed by atoms with van der Waals surface area (Å²) in [6.07, 6.45) is 0.200. The Morgan fingerprint density at radius 1 is 0.893 bits per heavy atom. The molecule has 0 aliphatic carbocycles. The smallest absolute Gasteiger partial charge is 0.121 e. The van der Waals surface area contributed by atoms with Gasteiger partial charge >= 0.3 is 0 Å². The van der Waals surface area contributed by atoms with Gasteiger partial charge in [-0.3, -0.25) is 0 Å². The van der Waals surface area contributed by atoms with Crippen LogP contribution < -0.4 is 5.32 Å². The summed E-state index contributed by atoms with van der Waals surface area (Å²) in [5.74, 6) is 0. The lowest BCUT2D eigenvalue weighted by Gasteiger charge is -2.39. The van der Waals surface area contributed by atoms with Crippen LogP contribution in [0.5, 0.6) is 0 Å². The average molecular weight is 396 g/mol. The number of nitrogens with one attached hydrogen (secondary N) is 1. The largest absolute Gasteiger partial charge is 0.382 e. The van der Waals surface area contributed by atoms with Crippen LogP contribution in [0.4, 0.5) is 0 Å². The Morgan fingerprint density at radius 2 is 1.54 bits per heavy atom. The molecule has 3 aromatic rings. The maximum Gasteiger partial charge on any atom is 0.121 e. The van der Waals surface area contributed by atoms with Gasteiger partial charge in [-0.25, -0.2) is 0 Å². The molecule has 0 amide bonds. The number of hydrogen-bond donors (Lipinski definition) is 2. The number of aliphatic hydroxyl groups is 1. The molecule has 0 saturated carbocycles. The lowest BCUT2D eigenvalue weighted by molar-refractivity contribution is -0.124. The van der Waals surface area contributed by atoms with Crippen molar-refractivity contribution < 1.29 is 9.84 Å². The van der Waals surface area contributed by atoms with Crippen molar-refractivity contribution in [1.82, 2.24) is 5.32 Å². The Balaban J connectivity index is 0.00000225. The van der Waals surface area contributed by atoms with Crippen molar-refractivity contribution in [2.24, 2.45) is 0 Å². The maximum atomic E-state index is 11.9. The van der Waals surface area contributed by atoms with E-state index in [-0.39, 0.29) is 18.5 Å². The molecular formula is C24H26ClNO2. The fourth-order valence-corrected chi connectivity index (χ4v) is 3.86. The molecule has 2 N–H and O–H groups in total. The molecule has 0 spiro atoms. The molecule has 1 heterocycles. The van der Waals surface area contributed by atoms with Gasteiger partial charge in [-0.1, -0.05) is 84.9 Å². The van der Waals surface area contributed by atoms with Gasteiger partial charge in [-0.2, -0.15) is 0 Å². The molecule has 3 nitrogen and oxygen atoms in total. The van der Waals surface area contributed by atoms with Gasteiger partial charge in [0.2, 0.25) is 0 Å². The van der Waals surface area contributed by atoms with Crippen LogP contribution in [0, 0.1) is 0 Å². The molecule has 1 fully saturated rings. The molecule has 2 atom stereocenters. The molecule has 0 aromatic heterocycles. The number of hydrogen-bond acceptors (Lipinski definition) is 3. The number of ether oxygens (including phenoxy) is 1. The van der Waals surface area contributed by atoms with Gasteiger partial charge in [-0.15, -0.1) is 12.4 Å². The van der Waals surface area contributed by atoms with Crippen LogP contribution in [0.25, 0.3) is 11.1 Å². The summed E-state index contributed by atoms with van der Waals surface area (Å²) < 4.78 is 6.00. The van der Waals surface area contributed by atoms with Crippen LogP contribution in [0.2, 0.25) is 0 Å². The zero-order chi connectivity index (χ0) is 18.5. The standard InChI is InChI=1S/C24H25NO2.ClH/c26-24(21-12-5-2-6-13-21,23-18-25-15-16-27-23)17-20-11-7-8-14-22(20)19-9-3-1-4-10-19;/h1-14,23,25-26H,15-18H2;1H/t23-,24+;/m0./s1. The van der Waals surface area contributed by atoms with Gasteiger partial charge in [0, 0.05) is 19.5 Å². The van der Waals surface area contributed by atoms with Crippen molar-refractivity contribution in [3.8, 4) is 11.1 Å². The zero-order valence-electron chi connectivity index (χ0n) is 15.8. The van der Waals surface area contributed by atoms with E-state index in [1.807, 2.05) is 60.7 Å². The van der Waals surface area contributed by atoms with Crippen LogP contribution in [-0.2, 0) is 16.8 Å². The molecule has 3 aromatic carbocycles. The molecule has 0 unspecified atom stereocenters. The van der Waals surface area contributed by atoms with Crippen molar-refractivity contribution in [3.63, 3.8) is 0 Å². The minimum Gasteiger partial charge on any atom is -0.382 e. The number of halogens is 1. The first-order valence-corrected chi connectivity index (χ1v) is 9.51. The third-order valence-electron chi connectivity index (χ3n) is 5.30. The quantitative estimate of drug-likeness (QED) is 0.680. The van der Waals surface area contributed by atoms with Crippen LogP contribution in [-0.4, -0.2) is 30.9 Å². The van der Waals surface area contributed by atoms with E-state index in [0.717, 1.165) is 28.8 Å². The van der Waals surface area contributed by atoms with Crippen LogP contribution in [0.15, 0.2) is 84.9 Å². The van der Waals surface area contributed by atoms with Crippen molar-refractivity contribution in [2.45, 2.75) is 18.1 Å².